The Balaban J connectivity index is 1.69. The van der Waals surface area contributed by atoms with Crippen LogP contribution >= 0.6 is 0 Å². The Morgan fingerprint density at radius 2 is 1.81 bits per heavy atom. The number of carbonyl (C=O) groups excluding carboxylic acids is 1. The van der Waals surface area contributed by atoms with Gasteiger partial charge in [-0.2, -0.15) is 0 Å². The maximum atomic E-state index is 11.7. The van der Waals surface area contributed by atoms with Crippen LogP contribution in [0.5, 0.6) is 0 Å². The van der Waals surface area contributed by atoms with E-state index in [0.717, 1.165) is 32.3 Å². The summed E-state index contributed by atoms with van der Waals surface area (Å²) >= 11 is 0. The molecular formula is C12H22N2O2. The Labute approximate surface area is 97.1 Å². The Kier molecular flexibility index (Phi) is 4.04. The molecule has 16 heavy (non-hydrogen) atoms. The Hall–Kier alpha value is -0.770. The summed E-state index contributed by atoms with van der Waals surface area (Å²) in [5, 5.41) is 6.10. The number of rotatable bonds is 2. The lowest BCUT2D eigenvalue weighted by molar-refractivity contribution is 0.0153. The highest BCUT2D eigenvalue weighted by molar-refractivity contribution is 5.74. The van der Waals surface area contributed by atoms with E-state index in [1.54, 1.807) is 0 Å². The van der Waals surface area contributed by atoms with Crippen molar-refractivity contribution in [2.45, 2.75) is 63.6 Å². The van der Waals surface area contributed by atoms with Gasteiger partial charge in [-0.05, 0) is 32.6 Å². The second-order valence-corrected chi connectivity index (χ2v) is 5.00. The molecule has 0 aromatic carbocycles. The van der Waals surface area contributed by atoms with E-state index in [1.807, 2.05) is 0 Å². The highest BCUT2D eigenvalue weighted by Gasteiger charge is 2.22. The van der Waals surface area contributed by atoms with Crippen molar-refractivity contribution in [3.05, 3.63) is 0 Å². The first-order chi connectivity index (χ1) is 7.74. The molecule has 0 spiro atoms. The van der Waals surface area contributed by atoms with Gasteiger partial charge in [0.2, 0.25) is 0 Å². The number of urea groups is 1. The minimum atomic E-state index is 0.00556. The van der Waals surface area contributed by atoms with Crippen LogP contribution in [0.2, 0.25) is 0 Å². The third-order valence-corrected chi connectivity index (χ3v) is 3.51. The quantitative estimate of drug-likeness (QED) is 0.754. The summed E-state index contributed by atoms with van der Waals surface area (Å²) in [6.45, 7) is 2.82. The van der Waals surface area contributed by atoms with Crippen LogP contribution in [0, 0.1) is 0 Å². The molecule has 0 radical (unpaired) electrons. The fourth-order valence-electron chi connectivity index (χ4n) is 2.61. The standard InChI is InChI=1S/C12H22N2O2/c1-9-8-11(6-7-16-9)14-12(15)13-10-4-2-3-5-10/h9-11H,2-8H2,1H3,(H2,13,14,15). The first-order valence-electron chi connectivity index (χ1n) is 6.42. The molecule has 2 fully saturated rings. The molecule has 1 saturated carbocycles. The van der Waals surface area contributed by atoms with Crippen LogP contribution in [0.1, 0.15) is 45.4 Å². The molecule has 2 amide bonds. The summed E-state index contributed by atoms with van der Waals surface area (Å²) in [7, 11) is 0. The van der Waals surface area contributed by atoms with Gasteiger partial charge in [-0.25, -0.2) is 4.79 Å². The number of hydrogen-bond donors (Lipinski definition) is 2. The van der Waals surface area contributed by atoms with Gasteiger partial charge >= 0.3 is 6.03 Å². The van der Waals surface area contributed by atoms with E-state index in [4.69, 9.17) is 4.74 Å². The summed E-state index contributed by atoms with van der Waals surface area (Å²) < 4.78 is 5.45. The average Bonchev–Trinajstić information content (AvgIpc) is 2.70. The van der Waals surface area contributed by atoms with E-state index in [1.165, 1.54) is 12.8 Å². The number of ether oxygens (including phenoxy) is 1. The molecular weight excluding hydrogens is 204 g/mol. The van der Waals surface area contributed by atoms with Gasteiger partial charge in [-0.15, -0.1) is 0 Å². The third kappa shape index (κ3) is 3.37. The average molecular weight is 226 g/mol. The lowest BCUT2D eigenvalue weighted by atomic mass is 10.0. The molecule has 2 atom stereocenters. The van der Waals surface area contributed by atoms with E-state index >= 15 is 0 Å². The van der Waals surface area contributed by atoms with Crippen molar-refractivity contribution in [3.63, 3.8) is 0 Å². The normalized spacial score (nSPS) is 31.3. The summed E-state index contributed by atoms with van der Waals surface area (Å²) in [6, 6.07) is 0.688. The van der Waals surface area contributed by atoms with Crippen molar-refractivity contribution >= 4 is 6.03 Å². The largest absolute Gasteiger partial charge is 0.378 e. The highest BCUT2D eigenvalue weighted by Crippen LogP contribution is 2.18. The zero-order valence-electron chi connectivity index (χ0n) is 10.00. The molecule has 0 aromatic heterocycles. The third-order valence-electron chi connectivity index (χ3n) is 3.51. The molecule has 1 aliphatic heterocycles. The topological polar surface area (TPSA) is 50.4 Å². The fourth-order valence-corrected chi connectivity index (χ4v) is 2.61. The van der Waals surface area contributed by atoms with Crippen molar-refractivity contribution in [2.75, 3.05) is 6.61 Å². The van der Waals surface area contributed by atoms with Crippen molar-refractivity contribution in [2.24, 2.45) is 0 Å². The van der Waals surface area contributed by atoms with Crippen LogP contribution in [-0.4, -0.2) is 30.8 Å². The number of amides is 2. The van der Waals surface area contributed by atoms with Gasteiger partial charge in [0.1, 0.15) is 0 Å². The van der Waals surface area contributed by atoms with Gasteiger partial charge in [-0.3, -0.25) is 0 Å². The molecule has 4 heteroatoms. The van der Waals surface area contributed by atoms with Gasteiger partial charge < -0.3 is 15.4 Å². The SMILES string of the molecule is CC1CC(NC(=O)NC2CCCC2)CCO1. The molecule has 92 valence electrons. The second-order valence-electron chi connectivity index (χ2n) is 5.00. The summed E-state index contributed by atoms with van der Waals surface area (Å²) in [5.74, 6) is 0. The van der Waals surface area contributed by atoms with Crippen LogP contribution < -0.4 is 10.6 Å². The highest BCUT2D eigenvalue weighted by atomic mass is 16.5. The zero-order chi connectivity index (χ0) is 11.4. The number of carbonyl (C=O) groups is 1. The van der Waals surface area contributed by atoms with Crippen LogP contribution in [0.3, 0.4) is 0 Å². The van der Waals surface area contributed by atoms with Crippen molar-refractivity contribution in [1.29, 1.82) is 0 Å². The van der Waals surface area contributed by atoms with E-state index in [0.29, 0.717) is 6.04 Å². The minimum Gasteiger partial charge on any atom is -0.378 e. The number of nitrogens with one attached hydrogen (secondary N) is 2. The molecule has 2 rings (SSSR count). The lowest BCUT2D eigenvalue weighted by Gasteiger charge is -2.28. The van der Waals surface area contributed by atoms with Crippen molar-refractivity contribution < 1.29 is 9.53 Å². The first kappa shape index (κ1) is 11.7. The molecule has 1 aliphatic carbocycles. The van der Waals surface area contributed by atoms with Gasteiger partial charge in [0.15, 0.2) is 0 Å². The predicted octanol–water partition coefficient (Wildman–Crippen LogP) is 1.80. The minimum absolute atomic E-state index is 0.00556. The van der Waals surface area contributed by atoms with Crippen molar-refractivity contribution in [3.8, 4) is 0 Å². The molecule has 1 saturated heterocycles. The monoisotopic (exact) mass is 226 g/mol. The Morgan fingerprint density at radius 1 is 1.12 bits per heavy atom. The van der Waals surface area contributed by atoms with Gasteiger partial charge in [0.05, 0.1) is 6.10 Å². The van der Waals surface area contributed by atoms with Crippen LogP contribution in [-0.2, 0) is 4.74 Å². The zero-order valence-corrected chi connectivity index (χ0v) is 10.00. The van der Waals surface area contributed by atoms with E-state index < -0.39 is 0 Å². The van der Waals surface area contributed by atoms with Crippen molar-refractivity contribution in [1.82, 2.24) is 10.6 Å². The van der Waals surface area contributed by atoms with Gasteiger partial charge in [-0.1, -0.05) is 12.8 Å². The summed E-state index contributed by atoms with van der Waals surface area (Å²) in [6.07, 6.45) is 6.90. The molecule has 2 unspecified atom stereocenters. The van der Waals surface area contributed by atoms with Crippen LogP contribution in [0.15, 0.2) is 0 Å². The van der Waals surface area contributed by atoms with E-state index in [9.17, 15) is 4.79 Å². The lowest BCUT2D eigenvalue weighted by Crippen LogP contribution is -2.48. The summed E-state index contributed by atoms with van der Waals surface area (Å²) in [5.41, 5.74) is 0. The Morgan fingerprint density at radius 3 is 2.50 bits per heavy atom. The van der Waals surface area contributed by atoms with Gasteiger partial charge in [0, 0.05) is 18.7 Å². The smallest absolute Gasteiger partial charge is 0.315 e. The maximum Gasteiger partial charge on any atom is 0.315 e. The van der Waals surface area contributed by atoms with Crippen LogP contribution in [0.4, 0.5) is 4.79 Å². The molecule has 2 N–H and O–H groups in total. The fraction of sp³-hybridized carbons (Fsp3) is 0.917. The van der Waals surface area contributed by atoms with E-state index in [-0.39, 0.29) is 18.2 Å². The first-order valence-corrected chi connectivity index (χ1v) is 6.42. The molecule has 1 heterocycles. The predicted molar refractivity (Wildman–Crippen MR) is 62.4 cm³/mol. The summed E-state index contributed by atoms with van der Waals surface area (Å²) in [4.78, 5) is 11.7. The molecule has 0 aromatic rings. The van der Waals surface area contributed by atoms with Crippen LogP contribution in [0.25, 0.3) is 0 Å². The number of hydrogen-bond acceptors (Lipinski definition) is 2. The van der Waals surface area contributed by atoms with E-state index in [2.05, 4.69) is 17.6 Å². The second kappa shape index (κ2) is 5.53. The Bertz CT molecular complexity index is 239. The maximum absolute atomic E-state index is 11.7. The van der Waals surface area contributed by atoms with Gasteiger partial charge in [0.25, 0.3) is 0 Å². The molecule has 0 bridgehead atoms. The molecule has 4 nitrogen and oxygen atoms in total. The molecule has 2 aliphatic rings.